The first-order chi connectivity index (χ1) is 9.70. The van der Waals surface area contributed by atoms with Gasteiger partial charge >= 0.3 is 0 Å². The van der Waals surface area contributed by atoms with Crippen molar-refractivity contribution in [3.63, 3.8) is 0 Å². The van der Waals surface area contributed by atoms with Gasteiger partial charge in [-0.1, -0.05) is 35.3 Å². The lowest BCUT2D eigenvalue weighted by Gasteiger charge is -2.32. The molecule has 1 fully saturated rings. The number of hydrogen-bond acceptors (Lipinski definition) is 3. The topological polar surface area (TPSA) is 30.3 Å². The molecule has 1 aliphatic heterocycles. The quantitative estimate of drug-likeness (QED) is 0.872. The zero-order valence-corrected chi connectivity index (χ0v) is 12.4. The van der Waals surface area contributed by atoms with E-state index in [1.165, 1.54) is 0 Å². The molecule has 0 saturated carbocycles. The number of aromatic nitrogens is 2. The fraction of sp³-hybridized carbons (Fsp3) is 0.357. The number of morpholine rings is 1. The van der Waals surface area contributed by atoms with Crippen molar-refractivity contribution in [2.45, 2.75) is 12.8 Å². The van der Waals surface area contributed by atoms with E-state index in [2.05, 4.69) is 10.00 Å². The molecular weight excluding hydrogens is 297 g/mol. The van der Waals surface area contributed by atoms with Crippen LogP contribution in [0.3, 0.4) is 0 Å². The Kier molecular flexibility index (Phi) is 4.27. The summed E-state index contributed by atoms with van der Waals surface area (Å²) in [4.78, 5) is 2.30. The van der Waals surface area contributed by atoms with Gasteiger partial charge in [0.2, 0.25) is 0 Å². The van der Waals surface area contributed by atoms with Gasteiger partial charge < -0.3 is 4.74 Å². The Morgan fingerprint density at radius 3 is 2.70 bits per heavy atom. The molecule has 2 heterocycles. The molecule has 3 rings (SSSR count). The molecule has 20 heavy (non-hydrogen) atoms. The van der Waals surface area contributed by atoms with Crippen molar-refractivity contribution >= 4 is 23.2 Å². The summed E-state index contributed by atoms with van der Waals surface area (Å²) in [6.45, 7) is 3.16. The molecule has 0 aliphatic carbocycles. The normalized spacial score (nSPS) is 20.2. The molecule has 1 aromatic heterocycles. The number of ether oxygens (including phenoxy) is 1. The minimum atomic E-state index is 0.0760. The van der Waals surface area contributed by atoms with Gasteiger partial charge in [-0.2, -0.15) is 5.10 Å². The summed E-state index contributed by atoms with van der Waals surface area (Å²) in [5.41, 5.74) is 1.15. The second kappa shape index (κ2) is 6.14. The number of halogens is 2. The third-order valence-corrected chi connectivity index (χ3v) is 3.79. The van der Waals surface area contributed by atoms with Gasteiger partial charge in [0.1, 0.15) is 0 Å². The van der Waals surface area contributed by atoms with Crippen molar-refractivity contribution < 1.29 is 4.74 Å². The minimum absolute atomic E-state index is 0.0760. The first-order valence-electron chi connectivity index (χ1n) is 6.48. The van der Waals surface area contributed by atoms with E-state index in [1.807, 2.05) is 35.1 Å². The van der Waals surface area contributed by atoms with Gasteiger partial charge in [0.05, 0.1) is 30.6 Å². The van der Waals surface area contributed by atoms with Crippen LogP contribution in [-0.2, 0) is 11.4 Å². The molecule has 0 bridgehead atoms. The van der Waals surface area contributed by atoms with E-state index < -0.39 is 0 Å². The van der Waals surface area contributed by atoms with Crippen LogP contribution in [0.2, 0.25) is 10.0 Å². The van der Waals surface area contributed by atoms with Gasteiger partial charge in [0.15, 0.2) is 0 Å². The van der Waals surface area contributed by atoms with E-state index in [1.54, 1.807) is 6.20 Å². The second-order valence-corrected chi connectivity index (χ2v) is 5.70. The monoisotopic (exact) mass is 311 g/mol. The van der Waals surface area contributed by atoms with Crippen LogP contribution in [0.15, 0.2) is 36.7 Å². The Balaban J connectivity index is 1.65. The molecule has 6 heteroatoms. The Morgan fingerprint density at radius 1 is 1.20 bits per heavy atom. The Bertz CT molecular complexity index is 570. The summed E-state index contributed by atoms with van der Waals surface area (Å²) < 4.78 is 7.68. The van der Waals surface area contributed by atoms with Gasteiger partial charge in [-0.25, -0.2) is 0 Å². The molecular formula is C14H15Cl2N3O. The molecule has 1 atom stereocenters. The molecule has 1 aliphatic rings. The number of hydrogen-bond donors (Lipinski definition) is 0. The maximum Gasteiger partial charge on any atom is 0.0953 e. The lowest BCUT2D eigenvalue weighted by atomic mass is 10.1. The van der Waals surface area contributed by atoms with Crippen molar-refractivity contribution in [3.8, 4) is 0 Å². The molecule has 0 spiro atoms. The lowest BCUT2D eigenvalue weighted by Crippen LogP contribution is -2.39. The van der Waals surface area contributed by atoms with Crippen molar-refractivity contribution in [1.29, 1.82) is 0 Å². The second-order valence-electron chi connectivity index (χ2n) is 4.83. The SMILES string of the molecule is Clc1ccc(C2CN(Cn3cc(Cl)cn3)CCO2)cc1. The van der Waals surface area contributed by atoms with Crippen molar-refractivity contribution in [2.75, 3.05) is 19.7 Å². The van der Waals surface area contributed by atoms with Gasteiger partial charge in [-0.05, 0) is 17.7 Å². The van der Waals surface area contributed by atoms with Crippen LogP contribution in [0.1, 0.15) is 11.7 Å². The third kappa shape index (κ3) is 3.33. The summed E-state index contributed by atoms with van der Waals surface area (Å²) in [5, 5.41) is 5.61. The van der Waals surface area contributed by atoms with Gasteiger partial charge in [0, 0.05) is 24.3 Å². The Hall–Kier alpha value is -1.07. The summed E-state index contributed by atoms with van der Waals surface area (Å²) >= 11 is 11.8. The highest BCUT2D eigenvalue weighted by Gasteiger charge is 2.22. The molecule has 4 nitrogen and oxygen atoms in total. The first-order valence-corrected chi connectivity index (χ1v) is 7.24. The lowest BCUT2D eigenvalue weighted by molar-refractivity contribution is -0.0416. The predicted molar refractivity (Wildman–Crippen MR) is 79.0 cm³/mol. The average molecular weight is 312 g/mol. The number of nitrogens with zero attached hydrogens (tertiary/aromatic N) is 3. The summed E-state index contributed by atoms with van der Waals surface area (Å²) in [7, 11) is 0. The molecule has 1 aromatic carbocycles. The molecule has 2 aromatic rings. The zero-order chi connectivity index (χ0) is 13.9. The average Bonchev–Trinajstić information content (AvgIpc) is 2.85. The van der Waals surface area contributed by atoms with Crippen LogP contribution in [0.25, 0.3) is 0 Å². The van der Waals surface area contributed by atoms with Gasteiger partial charge in [-0.15, -0.1) is 0 Å². The van der Waals surface area contributed by atoms with E-state index in [0.29, 0.717) is 11.6 Å². The van der Waals surface area contributed by atoms with Gasteiger partial charge in [0.25, 0.3) is 0 Å². The highest BCUT2D eigenvalue weighted by Crippen LogP contribution is 2.24. The van der Waals surface area contributed by atoms with E-state index in [4.69, 9.17) is 27.9 Å². The molecule has 1 unspecified atom stereocenters. The molecule has 106 valence electrons. The fourth-order valence-corrected chi connectivity index (χ4v) is 2.61. The van der Waals surface area contributed by atoms with Crippen LogP contribution in [0, 0.1) is 0 Å². The third-order valence-electron chi connectivity index (χ3n) is 3.34. The Labute approximate surface area is 127 Å². The number of rotatable bonds is 3. The molecule has 0 radical (unpaired) electrons. The largest absolute Gasteiger partial charge is 0.371 e. The van der Waals surface area contributed by atoms with E-state index in [9.17, 15) is 0 Å². The van der Waals surface area contributed by atoms with Crippen LogP contribution >= 0.6 is 23.2 Å². The van der Waals surface area contributed by atoms with Gasteiger partial charge in [-0.3, -0.25) is 9.58 Å². The van der Waals surface area contributed by atoms with Crippen LogP contribution in [0.5, 0.6) is 0 Å². The van der Waals surface area contributed by atoms with Crippen molar-refractivity contribution in [2.24, 2.45) is 0 Å². The molecule has 1 saturated heterocycles. The first kappa shape index (κ1) is 13.9. The van der Waals surface area contributed by atoms with E-state index >= 15 is 0 Å². The maximum atomic E-state index is 5.91. The summed E-state index contributed by atoms with van der Waals surface area (Å²) in [5.74, 6) is 0. The maximum absolute atomic E-state index is 5.91. The zero-order valence-electron chi connectivity index (χ0n) is 10.9. The fourth-order valence-electron chi connectivity index (χ4n) is 2.33. The van der Waals surface area contributed by atoms with Crippen LogP contribution in [-0.4, -0.2) is 34.4 Å². The molecule has 0 amide bonds. The van der Waals surface area contributed by atoms with Crippen molar-refractivity contribution in [1.82, 2.24) is 14.7 Å². The highest BCUT2D eigenvalue weighted by molar-refractivity contribution is 6.30. The van der Waals surface area contributed by atoms with E-state index in [0.717, 1.165) is 30.3 Å². The Morgan fingerprint density at radius 2 is 2.00 bits per heavy atom. The summed E-state index contributed by atoms with van der Waals surface area (Å²) in [6, 6.07) is 7.82. The standard InChI is InChI=1S/C14H15Cl2N3O/c15-12-3-1-11(2-4-12)14-9-18(5-6-20-14)10-19-8-13(16)7-17-19/h1-4,7-8,14H,5-6,9-10H2. The van der Waals surface area contributed by atoms with E-state index in [-0.39, 0.29) is 6.10 Å². The number of benzene rings is 1. The van der Waals surface area contributed by atoms with Crippen molar-refractivity contribution in [3.05, 3.63) is 52.3 Å². The predicted octanol–water partition coefficient (Wildman–Crippen LogP) is 3.22. The van der Waals surface area contributed by atoms with Crippen LogP contribution < -0.4 is 0 Å². The summed E-state index contributed by atoms with van der Waals surface area (Å²) in [6.07, 6.45) is 3.56. The smallest absolute Gasteiger partial charge is 0.0953 e. The molecule has 0 N–H and O–H groups in total. The van der Waals surface area contributed by atoms with Crippen LogP contribution in [0.4, 0.5) is 0 Å². The highest BCUT2D eigenvalue weighted by atomic mass is 35.5. The minimum Gasteiger partial charge on any atom is -0.371 e.